The Morgan fingerprint density at radius 2 is 1.81 bits per heavy atom. The summed E-state index contributed by atoms with van der Waals surface area (Å²) in [4.78, 5) is 12.5. The van der Waals surface area contributed by atoms with Crippen molar-refractivity contribution in [1.29, 1.82) is 0 Å². The number of carbonyl (C=O) groups excluding carboxylic acids is 1. The molecule has 0 aromatic heterocycles. The Kier molecular flexibility index (Phi) is 4.92. The van der Waals surface area contributed by atoms with Crippen molar-refractivity contribution in [2.45, 2.75) is 26.9 Å². The number of ether oxygens (including phenoxy) is 1. The number of ketones is 1. The molecule has 1 unspecified atom stereocenters. The molecule has 1 atom stereocenters. The Morgan fingerprint density at radius 1 is 1.10 bits per heavy atom. The molecule has 2 aromatic rings. The molecule has 2 nitrogen and oxygen atoms in total. The Hall–Kier alpha value is -1.51. The summed E-state index contributed by atoms with van der Waals surface area (Å²) >= 11 is 12.0. The topological polar surface area (TPSA) is 26.3 Å². The van der Waals surface area contributed by atoms with Crippen LogP contribution in [-0.4, -0.2) is 11.9 Å². The molecule has 2 aromatic carbocycles. The highest BCUT2D eigenvalue weighted by Crippen LogP contribution is 2.29. The molecular formula is C17H16Cl2O2. The first-order chi connectivity index (χ1) is 9.88. The number of benzene rings is 2. The monoisotopic (exact) mass is 322 g/mol. The van der Waals surface area contributed by atoms with Gasteiger partial charge in [-0.25, -0.2) is 0 Å². The predicted molar refractivity (Wildman–Crippen MR) is 86.8 cm³/mol. The largest absolute Gasteiger partial charge is 0.481 e. The molecule has 110 valence electrons. The van der Waals surface area contributed by atoms with Crippen molar-refractivity contribution in [3.63, 3.8) is 0 Å². The van der Waals surface area contributed by atoms with E-state index in [2.05, 4.69) is 0 Å². The van der Waals surface area contributed by atoms with E-state index >= 15 is 0 Å². The van der Waals surface area contributed by atoms with Crippen molar-refractivity contribution in [3.8, 4) is 5.75 Å². The van der Waals surface area contributed by atoms with Crippen LogP contribution in [0.15, 0.2) is 36.4 Å². The zero-order valence-corrected chi connectivity index (χ0v) is 13.6. The third-order valence-corrected chi connectivity index (χ3v) is 3.77. The van der Waals surface area contributed by atoms with Crippen LogP contribution < -0.4 is 4.74 Å². The molecule has 0 amide bonds. The molecule has 21 heavy (non-hydrogen) atoms. The van der Waals surface area contributed by atoms with Gasteiger partial charge in [0.15, 0.2) is 6.10 Å². The minimum Gasteiger partial charge on any atom is -0.481 e. The zero-order chi connectivity index (χ0) is 15.6. The van der Waals surface area contributed by atoms with E-state index in [1.165, 1.54) is 0 Å². The second-order valence-corrected chi connectivity index (χ2v) is 5.86. The number of hydrogen-bond acceptors (Lipinski definition) is 2. The highest BCUT2D eigenvalue weighted by atomic mass is 35.5. The van der Waals surface area contributed by atoms with Crippen LogP contribution in [-0.2, 0) is 0 Å². The van der Waals surface area contributed by atoms with E-state index in [-0.39, 0.29) is 5.78 Å². The lowest BCUT2D eigenvalue weighted by Crippen LogP contribution is -2.24. The van der Waals surface area contributed by atoms with Gasteiger partial charge < -0.3 is 4.74 Å². The molecule has 4 heteroatoms. The molecule has 0 aliphatic heterocycles. The summed E-state index contributed by atoms with van der Waals surface area (Å²) in [5, 5.41) is 0.945. The van der Waals surface area contributed by atoms with Gasteiger partial charge in [0, 0.05) is 16.7 Å². The summed E-state index contributed by atoms with van der Waals surface area (Å²) in [6.45, 7) is 5.57. The maximum Gasteiger partial charge on any atom is 0.203 e. The number of Topliss-reactive ketones (excluding diaryl/α,β-unsaturated/α-hetero) is 1. The molecule has 2 rings (SSSR count). The lowest BCUT2D eigenvalue weighted by atomic mass is 9.99. The van der Waals surface area contributed by atoms with E-state index in [0.717, 1.165) is 11.1 Å². The van der Waals surface area contributed by atoms with Crippen molar-refractivity contribution in [2.24, 2.45) is 0 Å². The number of rotatable bonds is 4. The average Bonchev–Trinajstić information content (AvgIpc) is 2.44. The van der Waals surface area contributed by atoms with E-state index in [1.54, 1.807) is 25.1 Å². The van der Waals surface area contributed by atoms with Gasteiger partial charge in [0.2, 0.25) is 5.78 Å². The fourth-order valence-electron chi connectivity index (χ4n) is 2.03. The summed E-state index contributed by atoms with van der Waals surface area (Å²) in [7, 11) is 0. The van der Waals surface area contributed by atoms with Gasteiger partial charge in [-0.05, 0) is 44.5 Å². The third-order valence-electron chi connectivity index (χ3n) is 3.22. The molecule has 0 aliphatic carbocycles. The smallest absolute Gasteiger partial charge is 0.203 e. The molecule has 0 N–H and O–H groups in total. The lowest BCUT2D eigenvalue weighted by Gasteiger charge is -2.16. The maximum atomic E-state index is 12.5. The van der Waals surface area contributed by atoms with E-state index in [1.807, 2.05) is 32.0 Å². The zero-order valence-electron chi connectivity index (χ0n) is 12.1. The van der Waals surface area contributed by atoms with Crippen molar-refractivity contribution >= 4 is 29.0 Å². The van der Waals surface area contributed by atoms with Crippen LogP contribution in [0.5, 0.6) is 5.75 Å². The van der Waals surface area contributed by atoms with Crippen LogP contribution in [0.2, 0.25) is 10.0 Å². The van der Waals surface area contributed by atoms with E-state index in [9.17, 15) is 4.79 Å². The van der Waals surface area contributed by atoms with Crippen LogP contribution in [0.3, 0.4) is 0 Å². The van der Waals surface area contributed by atoms with Crippen molar-refractivity contribution in [2.75, 3.05) is 0 Å². The lowest BCUT2D eigenvalue weighted by molar-refractivity contribution is 0.0817. The second-order valence-electron chi connectivity index (χ2n) is 5.02. The Morgan fingerprint density at radius 3 is 2.52 bits per heavy atom. The maximum absolute atomic E-state index is 12.5. The van der Waals surface area contributed by atoms with Gasteiger partial charge in [-0.1, -0.05) is 40.9 Å². The van der Waals surface area contributed by atoms with E-state index < -0.39 is 6.10 Å². The van der Waals surface area contributed by atoms with Gasteiger partial charge in [-0.3, -0.25) is 4.79 Å². The fraction of sp³-hybridized carbons (Fsp3) is 0.235. The summed E-state index contributed by atoms with van der Waals surface area (Å²) in [6, 6.07) is 10.7. The summed E-state index contributed by atoms with van der Waals surface area (Å²) in [5.74, 6) is 0.336. The molecule has 0 spiro atoms. The molecular weight excluding hydrogens is 307 g/mol. The van der Waals surface area contributed by atoms with Crippen LogP contribution in [0.25, 0.3) is 0 Å². The summed E-state index contributed by atoms with van der Waals surface area (Å²) in [6.07, 6.45) is -0.638. The number of carbonyl (C=O) groups is 1. The quantitative estimate of drug-likeness (QED) is 0.717. The van der Waals surface area contributed by atoms with E-state index in [4.69, 9.17) is 27.9 Å². The molecule has 0 heterocycles. The standard InChI is InChI=1S/C17H16Cl2O2/c1-10-4-5-11(2)14(8-10)17(20)12(3)21-16-9-13(18)6-7-15(16)19/h4-9,12H,1-3H3. The first-order valence-corrected chi connectivity index (χ1v) is 7.37. The Bertz CT molecular complexity index is 680. The predicted octanol–water partition coefficient (Wildman–Crippen LogP) is 5.26. The molecule has 0 aliphatic rings. The first-order valence-electron chi connectivity index (χ1n) is 6.61. The minimum atomic E-state index is -0.638. The van der Waals surface area contributed by atoms with Gasteiger partial charge in [0.1, 0.15) is 5.75 Å². The molecule has 0 saturated carbocycles. The van der Waals surface area contributed by atoms with Crippen LogP contribution in [0.4, 0.5) is 0 Å². The van der Waals surface area contributed by atoms with Gasteiger partial charge in [0.05, 0.1) is 5.02 Å². The van der Waals surface area contributed by atoms with Crippen molar-refractivity contribution in [1.82, 2.24) is 0 Å². The molecule has 0 saturated heterocycles. The molecule has 0 radical (unpaired) electrons. The van der Waals surface area contributed by atoms with Gasteiger partial charge in [0.25, 0.3) is 0 Å². The van der Waals surface area contributed by atoms with E-state index in [0.29, 0.717) is 21.4 Å². The summed E-state index contributed by atoms with van der Waals surface area (Å²) in [5.41, 5.74) is 2.64. The van der Waals surface area contributed by atoms with Crippen LogP contribution in [0.1, 0.15) is 28.4 Å². The van der Waals surface area contributed by atoms with Crippen molar-refractivity contribution in [3.05, 3.63) is 63.1 Å². The van der Waals surface area contributed by atoms with Gasteiger partial charge in [-0.15, -0.1) is 0 Å². The SMILES string of the molecule is Cc1ccc(C)c(C(=O)C(C)Oc2cc(Cl)ccc2Cl)c1. The third kappa shape index (κ3) is 3.78. The second kappa shape index (κ2) is 6.50. The van der Waals surface area contributed by atoms with Gasteiger partial charge in [-0.2, -0.15) is 0 Å². The molecule has 0 fully saturated rings. The van der Waals surface area contributed by atoms with Crippen molar-refractivity contribution < 1.29 is 9.53 Å². The first kappa shape index (κ1) is 15.9. The number of aryl methyl sites for hydroxylation is 2. The van der Waals surface area contributed by atoms with Crippen LogP contribution >= 0.6 is 23.2 Å². The highest BCUT2D eigenvalue weighted by molar-refractivity contribution is 6.34. The minimum absolute atomic E-state index is 0.0766. The average molecular weight is 323 g/mol. The van der Waals surface area contributed by atoms with Gasteiger partial charge >= 0.3 is 0 Å². The Balaban J connectivity index is 2.23. The fourth-order valence-corrected chi connectivity index (χ4v) is 2.36. The number of hydrogen-bond donors (Lipinski definition) is 0. The normalized spacial score (nSPS) is 12.0. The Labute approximate surface area is 134 Å². The summed E-state index contributed by atoms with van der Waals surface area (Å²) < 4.78 is 5.67. The number of halogens is 2. The molecule has 0 bridgehead atoms. The van der Waals surface area contributed by atoms with Crippen LogP contribution in [0, 0.1) is 13.8 Å². The highest BCUT2D eigenvalue weighted by Gasteiger charge is 2.20.